The highest BCUT2D eigenvalue weighted by molar-refractivity contribution is 5.87. The average molecular weight is 266 g/mol. The van der Waals surface area contributed by atoms with Gasteiger partial charge in [0.25, 0.3) is 0 Å². The first-order valence-corrected chi connectivity index (χ1v) is 6.39. The van der Waals surface area contributed by atoms with Crippen LogP contribution in [0.2, 0.25) is 0 Å². The standard InChI is InChI=1S/C16H14N2O2/c1-12-5-7-13(8-6-12)11-20-16(19)14-10-18-9-3-2-4-15(18)17-14/h2-10H,11H2,1H3. The fraction of sp³-hybridized carbons (Fsp3) is 0.125. The molecule has 3 aromatic rings. The molecule has 0 aliphatic carbocycles. The Bertz CT molecular complexity index is 712. The minimum atomic E-state index is -0.408. The molecule has 4 nitrogen and oxygen atoms in total. The number of benzene rings is 1. The van der Waals surface area contributed by atoms with Crippen LogP contribution in [-0.2, 0) is 11.3 Å². The summed E-state index contributed by atoms with van der Waals surface area (Å²) in [4.78, 5) is 16.2. The van der Waals surface area contributed by atoms with Gasteiger partial charge in [0.1, 0.15) is 12.3 Å². The van der Waals surface area contributed by atoms with Crippen molar-refractivity contribution in [2.24, 2.45) is 0 Å². The fourth-order valence-electron chi connectivity index (χ4n) is 1.94. The van der Waals surface area contributed by atoms with Crippen LogP contribution >= 0.6 is 0 Å². The number of fused-ring (bicyclic) bond motifs is 1. The number of carbonyl (C=O) groups excluding carboxylic acids is 1. The Labute approximate surface area is 116 Å². The molecule has 0 saturated carbocycles. The van der Waals surface area contributed by atoms with E-state index in [4.69, 9.17) is 4.74 Å². The lowest BCUT2D eigenvalue weighted by Crippen LogP contribution is -2.05. The largest absolute Gasteiger partial charge is 0.456 e. The molecule has 100 valence electrons. The zero-order valence-corrected chi connectivity index (χ0v) is 11.1. The Balaban J connectivity index is 1.71. The van der Waals surface area contributed by atoms with E-state index in [2.05, 4.69) is 4.98 Å². The van der Waals surface area contributed by atoms with E-state index in [1.807, 2.05) is 55.6 Å². The van der Waals surface area contributed by atoms with Gasteiger partial charge in [0.05, 0.1) is 0 Å². The lowest BCUT2D eigenvalue weighted by Gasteiger charge is -2.03. The zero-order chi connectivity index (χ0) is 13.9. The van der Waals surface area contributed by atoms with Crippen LogP contribution in [0.4, 0.5) is 0 Å². The van der Waals surface area contributed by atoms with Crippen molar-refractivity contribution in [1.82, 2.24) is 9.38 Å². The summed E-state index contributed by atoms with van der Waals surface area (Å²) in [5, 5.41) is 0. The van der Waals surface area contributed by atoms with Crippen LogP contribution in [-0.4, -0.2) is 15.4 Å². The van der Waals surface area contributed by atoms with E-state index in [0.717, 1.165) is 11.2 Å². The second-order valence-corrected chi connectivity index (χ2v) is 4.65. The summed E-state index contributed by atoms with van der Waals surface area (Å²) >= 11 is 0. The molecule has 1 aromatic carbocycles. The topological polar surface area (TPSA) is 43.6 Å². The summed E-state index contributed by atoms with van der Waals surface area (Å²) in [6.45, 7) is 2.28. The predicted octanol–water partition coefficient (Wildman–Crippen LogP) is 3.00. The molecular formula is C16H14N2O2. The SMILES string of the molecule is Cc1ccc(COC(=O)c2cn3ccccc3n2)cc1. The van der Waals surface area contributed by atoms with Crippen molar-refractivity contribution in [2.75, 3.05) is 0 Å². The lowest BCUT2D eigenvalue weighted by molar-refractivity contribution is 0.0466. The summed E-state index contributed by atoms with van der Waals surface area (Å²) in [5.41, 5.74) is 3.20. The third-order valence-electron chi connectivity index (χ3n) is 3.06. The third kappa shape index (κ3) is 2.54. The van der Waals surface area contributed by atoms with Gasteiger partial charge in [-0.15, -0.1) is 0 Å². The van der Waals surface area contributed by atoms with Gasteiger partial charge >= 0.3 is 5.97 Å². The maximum absolute atomic E-state index is 12.0. The predicted molar refractivity (Wildman–Crippen MR) is 75.5 cm³/mol. The van der Waals surface area contributed by atoms with E-state index in [1.54, 1.807) is 10.6 Å². The van der Waals surface area contributed by atoms with Gasteiger partial charge in [-0.3, -0.25) is 0 Å². The second-order valence-electron chi connectivity index (χ2n) is 4.65. The first-order valence-electron chi connectivity index (χ1n) is 6.39. The summed E-state index contributed by atoms with van der Waals surface area (Å²) in [5.74, 6) is -0.408. The number of nitrogens with zero attached hydrogens (tertiary/aromatic N) is 2. The summed E-state index contributed by atoms with van der Waals surface area (Å²) in [7, 11) is 0. The van der Waals surface area contributed by atoms with Crippen molar-refractivity contribution in [3.63, 3.8) is 0 Å². The highest BCUT2D eigenvalue weighted by Crippen LogP contribution is 2.09. The number of aromatic nitrogens is 2. The second kappa shape index (κ2) is 5.17. The zero-order valence-electron chi connectivity index (χ0n) is 11.1. The third-order valence-corrected chi connectivity index (χ3v) is 3.06. The molecule has 0 spiro atoms. The molecule has 0 fully saturated rings. The van der Waals surface area contributed by atoms with E-state index in [1.165, 1.54) is 5.56 Å². The van der Waals surface area contributed by atoms with Gasteiger partial charge < -0.3 is 9.14 Å². The van der Waals surface area contributed by atoms with E-state index >= 15 is 0 Å². The van der Waals surface area contributed by atoms with Crippen molar-refractivity contribution in [3.8, 4) is 0 Å². The van der Waals surface area contributed by atoms with E-state index in [9.17, 15) is 4.79 Å². The molecule has 0 unspecified atom stereocenters. The van der Waals surface area contributed by atoms with Crippen LogP contribution in [0.5, 0.6) is 0 Å². The molecule has 4 heteroatoms. The van der Waals surface area contributed by atoms with Crippen LogP contribution < -0.4 is 0 Å². The average Bonchev–Trinajstić information content (AvgIpc) is 2.90. The molecule has 0 bridgehead atoms. The quantitative estimate of drug-likeness (QED) is 0.684. The van der Waals surface area contributed by atoms with Gasteiger partial charge in [-0.25, -0.2) is 9.78 Å². The molecular weight excluding hydrogens is 252 g/mol. The molecule has 0 radical (unpaired) electrons. The molecule has 0 saturated heterocycles. The Morgan fingerprint density at radius 2 is 2.00 bits per heavy atom. The van der Waals surface area contributed by atoms with Crippen LogP contribution in [0.25, 0.3) is 5.65 Å². The van der Waals surface area contributed by atoms with Crippen molar-refractivity contribution in [2.45, 2.75) is 13.5 Å². The molecule has 0 N–H and O–H groups in total. The number of aryl methyl sites for hydroxylation is 1. The Morgan fingerprint density at radius 1 is 1.20 bits per heavy atom. The monoisotopic (exact) mass is 266 g/mol. The smallest absolute Gasteiger partial charge is 0.358 e. The normalized spacial score (nSPS) is 10.7. The van der Waals surface area contributed by atoms with Crippen molar-refractivity contribution in [1.29, 1.82) is 0 Å². The number of ether oxygens (including phenoxy) is 1. The molecule has 0 aliphatic rings. The first kappa shape index (κ1) is 12.4. The molecule has 0 amide bonds. The minimum absolute atomic E-state index is 0.257. The van der Waals surface area contributed by atoms with Gasteiger partial charge in [-0.1, -0.05) is 35.9 Å². The molecule has 3 rings (SSSR count). The van der Waals surface area contributed by atoms with Gasteiger partial charge in [0, 0.05) is 12.4 Å². The Morgan fingerprint density at radius 3 is 2.75 bits per heavy atom. The molecule has 2 heterocycles. The lowest BCUT2D eigenvalue weighted by atomic mass is 10.2. The molecule has 2 aromatic heterocycles. The Kier molecular flexibility index (Phi) is 3.21. The van der Waals surface area contributed by atoms with Gasteiger partial charge in [0.15, 0.2) is 5.69 Å². The number of imidazole rings is 1. The number of rotatable bonds is 3. The summed E-state index contributed by atoms with van der Waals surface area (Å²) in [6, 6.07) is 13.5. The highest BCUT2D eigenvalue weighted by Gasteiger charge is 2.11. The van der Waals surface area contributed by atoms with E-state index < -0.39 is 5.97 Å². The summed E-state index contributed by atoms with van der Waals surface area (Å²) < 4.78 is 7.06. The van der Waals surface area contributed by atoms with Crippen LogP contribution in [0.15, 0.2) is 54.9 Å². The van der Waals surface area contributed by atoms with E-state index in [-0.39, 0.29) is 6.61 Å². The number of hydrogen-bond donors (Lipinski definition) is 0. The van der Waals surface area contributed by atoms with Gasteiger partial charge in [0.2, 0.25) is 0 Å². The maximum Gasteiger partial charge on any atom is 0.358 e. The number of pyridine rings is 1. The van der Waals surface area contributed by atoms with Crippen molar-refractivity contribution in [3.05, 3.63) is 71.7 Å². The fourth-order valence-corrected chi connectivity index (χ4v) is 1.94. The molecule has 0 atom stereocenters. The van der Waals surface area contributed by atoms with E-state index in [0.29, 0.717) is 5.69 Å². The first-order chi connectivity index (χ1) is 9.72. The van der Waals surface area contributed by atoms with Crippen LogP contribution in [0, 0.1) is 6.92 Å². The molecule has 20 heavy (non-hydrogen) atoms. The Hall–Kier alpha value is -2.62. The van der Waals surface area contributed by atoms with Crippen molar-refractivity contribution >= 4 is 11.6 Å². The van der Waals surface area contributed by atoms with Gasteiger partial charge in [-0.2, -0.15) is 0 Å². The highest BCUT2D eigenvalue weighted by atomic mass is 16.5. The van der Waals surface area contributed by atoms with Gasteiger partial charge in [-0.05, 0) is 24.6 Å². The van der Waals surface area contributed by atoms with Crippen LogP contribution in [0.3, 0.4) is 0 Å². The molecule has 0 aliphatic heterocycles. The van der Waals surface area contributed by atoms with Crippen LogP contribution in [0.1, 0.15) is 21.6 Å². The van der Waals surface area contributed by atoms with Crippen molar-refractivity contribution < 1.29 is 9.53 Å². The number of hydrogen-bond acceptors (Lipinski definition) is 3. The maximum atomic E-state index is 12.0. The number of esters is 1. The summed E-state index contributed by atoms with van der Waals surface area (Å²) in [6.07, 6.45) is 3.52. The number of carbonyl (C=O) groups is 1. The minimum Gasteiger partial charge on any atom is -0.456 e.